The minimum absolute atomic E-state index is 0.0664. The predicted molar refractivity (Wildman–Crippen MR) is 121 cm³/mol. The normalized spacial score (nSPS) is 13.6. The number of esters is 1. The van der Waals surface area contributed by atoms with E-state index >= 15 is 0 Å². The molecule has 0 aliphatic heterocycles. The van der Waals surface area contributed by atoms with Crippen molar-refractivity contribution in [3.8, 4) is 0 Å². The fourth-order valence-corrected chi connectivity index (χ4v) is 3.64. The Kier molecular flexibility index (Phi) is 21.0. The highest BCUT2D eigenvalue weighted by Gasteiger charge is 2.20. The third kappa shape index (κ3) is 22.0. The number of ether oxygens (including phenoxy) is 1. The van der Waals surface area contributed by atoms with Crippen LogP contribution in [-0.4, -0.2) is 37.2 Å². The zero-order valence-electron chi connectivity index (χ0n) is 18.9. The summed E-state index contributed by atoms with van der Waals surface area (Å²) in [4.78, 5) is 20.9. The summed E-state index contributed by atoms with van der Waals surface area (Å²) in [5.74, 6) is -0.313. The molecule has 3 N–H and O–H groups in total. The van der Waals surface area contributed by atoms with E-state index < -0.39 is 7.82 Å². The van der Waals surface area contributed by atoms with Crippen molar-refractivity contribution in [1.82, 2.24) is 0 Å². The van der Waals surface area contributed by atoms with Crippen LogP contribution in [0.4, 0.5) is 0 Å². The van der Waals surface area contributed by atoms with Crippen LogP contribution in [0.2, 0.25) is 0 Å². The lowest BCUT2D eigenvalue weighted by molar-refractivity contribution is -0.144. The van der Waals surface area contributed by atoms with Gasteiger partial charge in [0.15, 0.2) is 0 Å². The first-order valence-corrected chi connectivity index (χ1v) is 13.1. The third-order valence-corrected chi connectivity index (χ3v) is 5.63. The van der Waals surface area contributed by atoms with Gasteiger partial charge in [-0.2, -0.15) is 0 Å². The number of rotatable bonds is 22. The van der Waals surface area contributed by atoms with Gasteiger partial charge < -0.3 is 15.4 Å². The molecule has 0 aromatic rings. The van der Waals surface area contributed by atoms with E-state index in [0.29, 0.717) is 6.42 Å². The first kappa shape index (κ1) is 29.3. The highest BCUT2D eigenvalue weighted by Crippen LogP contribution is 2.42. The molecule has 7 nitrogen and oxygen atoms in total. The quantitative estimate of drug-likeness (QED) is 0.0950. The smallest absolute Gasteiger partial charge is 0.463 e. The molecule has 1 atom stereocenters. The fourth-order valence-electron chi connectivity index (χ4n) is 2.93. The monoisotopic (exact) mass is 449 g/mol. The molecule has 0 heterocycles. The van der Waals surface area contributed by atoms with Crippen LogP contribution in [0.5, 0.6) is 0 Å². The van der Waals surface area contributed by atoms with Crippen molar-refractivity contribution in [3.63, 3.8) is 0 Å². The molecule has 0 spiro atoms. The molecule has 0 radical (unpaired) electrons. The number of carbonyl (C=O) groups excluding carboxylic acids is 1. The highest BCUT2D eigenvalue weighted by molar-refractivity contribution is 7.47. The van der Waals surface area contributed by atoms with Crippen LogP contribution in [0, 0.1) is 0 Å². The van der Waals surface area contributed by atoms with Crippen molar-refractivity contribution < 1.29 is 28.0 Å². The Hall–Kier alpha value is -0.720. The first-order valence-electron chi connectivity index (χ1n) is 11.6. The number of carbonyl (C=O) groups is 1. The molecule has 0 rings (SSSR count). The Labute approximate surface area is 183 Å². The van der Waals surface area contributed by atoms with Crippen molar-refractivity contribution in [2.45, 2.75) is 96.8 Å². The molecular formula is C22H44NO6P. The molecule has 0 aliphatic rings. The number of nitrogens with two attached hydrogens (primary N) is 1. The summed E-state index contributed by atoms with van der Waals surface area (Å²) in [5.41, 5.74) is 5.18. The number of phosphoric ester groups is 1. The van der Waals surface area contributed by atoms with E-state index in [1.54, 1.807) is 0 Å². The van der Waals surface area contributed by atoms with Crippen LogP contribution in [0.3, 0.4) is 0 Å². The maximum Gasteiger partial charge on any atom is 0.472 e. The molecule has 1 unspecified atom stereocenters. The molecular weight excluding hydrogens is 405 g/mol. The van der Waals surface area contributed by atoms with Crippen molar-refractivity contribution >= 4 is 13.8 Å². The first-order chi connectivity index (χ1) is 14.5. The van der Waals surface area contributed by atoms with Crippen LogP contribution in [0.15, 0.2) is 12.2 Å². The summed E-state index contributed by atoms with van der Waals surface area (Å²) in [7, 11) is -4.10. The van der Waals surface area contributed by atoms with E-state index in [1.807, 2.05) is 0 Å². The van der Waals surface area contributed by atoms with Crippen LogP contribution in [-0.2, 0) is 23.1 Å². The lowest BCUT2D eigenvalue weighted by Crippen LogP contribution is -2.12. The second-order valence-corrected chi connectivity index (χ2v) is 8.93. The molecule has 0 aromatic carbocycles. The number of phosphoric acid groups is 1. The Morgan fingerprint density at radius 2 is 1.37 bits per heavy atom. The van der Waals surface area contributed by atoms with E-state index in [2.05, 4.69) is 28.1 Å². The molecule has 178 valence electrons. The van der Waals surface area contributed by atoms with Gasteiger partial charge in [-0.3, -0.25) is 13.8 Å². The van der Waals surface area contributed by atoms with Crippen LogP contribution in [0.25, 0.3) is 0 Å². The maximum absolute atomic E-state index is 11.6. The Bertz CT molecular complexity index is 473. The zero-order valence-corrected chi connectivity index (χ0v) is 19.8. The molecule has 0 fully saturated rings. The second-order valence-electron chi connectivity index (χ2n) is 7.48. The summed E-state index contributed by atoms with van der Waals surface area (Å²) in [6.45, 7) is 2.05. The van der Waals surface area contributed by atoms with Crippen molar-refractivity contribution in [3.05, 3.63) is 12.2 Å². The van der Waals surface area contributed by atoms with E-state index in [1.165, 1.54) is 57.8 Å². The van der Waals surface area contributed by atoms with Crippen molar-refractivity contribution in [2.75, 3.05) is 26.4 Å². The van der Waals surface area contributed by atoms with E-state index in [0.717, 1.165) is 25.7 Å². The lowest BCUT2D eigenvalue weighted by atomic mass is 10.1. The van der Waals surface area contributed by atoms with Gasteiger partial charge in [-0.15, -0.1) is 0 Å². The topological polar surface area (TPSA) is 108 Å². The molecule has 0 saturated carbocycles. The molecule has 0 amide bonds. The molecule has 0 bridgehead atoms. The van der Waals surface area contributed by atoms with Crippen molar-refractivity contribution in [1.29, 1.82) is 0 Å². The fraction of sp³-hybridized carbons (Fsp3) is 0.864. The van der Waals surface area contributed by atoms with Gasteiger partial charge in [0.05, 0.1) is 13.2 Å². The zero-order chi connectivity index (χ0) is 22.3. The van der Waals surface area contributed by atoms with Crippen LogP contribution in [0.1, 0.15) is 96.8 Å². The molecule has 0 saturated heterocycles. The summed E-state index contributed by atoms with van der Waals surface area (Å²) in [5, 5.41) is 0. The summed E-state index contributed by atoms with van der Waals surface area (Å²) >= 11 is 0. The Morgan fingerprint density at radius 1 is 0.833 bits per heavy atom. The van der Waals surface area contributed by atoms with Gasteiger partial charge in [-0.1, -0.05) is 70.4 Å². The predicted octanol–water partition coefficient (Wildman–Crippen LogP) is 5.66. The highest BCUT2D eigenvalue weighted by atomic mass is 31.2. The summed E-state index contributed by atoms with van der Waals surface area (Å²) in [6, 6.07) is 0. The number of unbranched alkanes of at least 4 members (excludes halogenated alkanes) is 11. The molecule has 0 aromatic heterocycles. The Balaban J connectivity index is 3.37. The molecule has 8 heteroatoms. The average molecular weight is 450 g/mol. The average Bonchev–Trinajstić information content (AvgIpc) is 2.72. The second kappa shape index (κ2) is 21.5. The minimum atomic E-state index is -4.10. The third-order valence-electron chi connectivity index (χ3n) is 4.62. The maximum atomic E-state index is 11.6. The van der Waals surface area contributed by atoms with Gasteiger partial charge >= 0.3 is 13.8 Å². The van der Waals surface area contributed by atoms with Crippen LogP contribution >= 0.6 is 7.82 Å². The van der Waals surface area contributed by atoms with Gasteiger partial charge in [-0.05, 0) is 32.1 Å². The van der Waals surface area contributed by atoms with Gasteiger partial charge in [0.1, 0.15) is 6.61 Å². The van der Waals surface area contributed by atoms with Gasteiger partial charge in [0.2, 0.25) is 0 Å². The Morgan fingerprint density at radius 3 is 1.97 bits per heavy atom. The number of allylic oxidation sites excluding steroid dienone is 2. The largest absolute Gasteiger partial charge is 0.472 e. The number of hydrogen-bond donors (Lipinski definition) is 2. The van der Waals surface area contributed by atoms with Gasteiger partial charge in [0.25, 0.3) is 0 Å². The van der Waals surface area contributed by atoms with Gasteiger partial charge in [-0.25, -0.2) is 4.57 Å². The summed E-state index contributed by atoms with van der Waals surface area (Å²) in [6.07, 6.45) is 20.7. The van der Waals surface area contributed by atoms with E-state index in [9.17, 15) is 14.3 Å². The van der Waals surface area contributed by atoms with Gasteiger partial charge in [0, 0.05) is 13.0 Å². The minimum Gasteiger partial charge on any atom is -0.463 e. The summed E-state index contributed by atoms with van der Waals surface area (Å²) < 4.78 is 25.6. The molecule has 0 aliphatic carbocycles. The van der Waals surface area contributed by atoms with Crippen LogP contribution < -0.4 is 5.73 Å². The lowest BCUT2D eigenvalue weighted by Gasteiger charge is -2.11. The standard InChI is InChI=1S/C22H44NO6P/c1-2-3-4-5-6-7-8-9-10-11-12-13-14-15-16-17-22(24)27-20-21-29-30(25,26)28-19-18-23/h9-10H,2-8,11-21,23H2,1H3,(H,25,26)/b10-9-. The van der Waals surface area contributed by atoms with Crippen molar-refractivity contribution in [2.24, 2.45) is 5.73 Å². The molecule has 30 heavy (non-hydrogen) atoms. The SMILES string of the molecule is CCCCCCCC/C=C\CCCCCCCC(=O)OCCOP(=O)(O)OCCN. The number of hydrogen-bond acceptors (Lipinski definition) is 6. The van der Waals surface area contributed by atoms with E-state index in [4.69, 9.17) is 10.5 Å². The van der Waals surface area contributed by atoms with E-state index in [-0.39, 0.29) is 32.3 Å².